The number of nitrogens with zero attached hydrogens (tertiary/aromatic N) is 3. The highest BCUT2D eigenvalue weighted by atomic mass is 35.5. The first-order valence-electron chi connectivity index (χ1n) is 6.80. The van der Waals surface area contributed by atoms with Gasteiger partial charge in [-0.1, -0.05) is 24.3 Å². The number of nitrogens with one attached hydrogen (secondary N) is 1. The molecule has 0 atom stereocenters. The maximum absolute atomic E-state index is 5.85. The van der Waals surface area contributed by atoms with Crippen LogP contribution in [0.4, 0.5) is 5.82 Å². The number of aromatic nitrogens is 3. The number of fused-ring (bicyclic) bond motifs is 1. The third-order valence-electron chi connectivity index (χ3n) is 3.24. The molecule has 21 heavy (non-hydrogen) atoms. The fraction of sp³-hybridized carbons (Fsp3) is 0.188. The van der Waals surface area contributed by atoms with Gasteiger partial charge in [0.15, 0.2) is 0 Å². The normalized spacial score (nSPS) is 10.8. The average molecular weight is 299 g/mol. The molecule has 3 aromatic rings. The van der Waals surface area contributed by atoms with Crippen LogP contribution in [0, 0.1) is 6.92 Å². The van der Waals surface area contributed by atoms with Crippen molar-refractivity contribution in [1.29, 1.82) is 0 Å². The molecule has 0 aliphatic rings. The molecule has 3 rings (SSSR count). The van der Waals surface area contributed by atoms with Crippen molar-refractivity contribution in [2.45, 2.75) is 13.3 Å². The number of halogens is 1. The van der Waals surface area contributed by atoms with Crippen molar-refractivity contribution in [3.63, 3.8) is 0 Å². The van der Waals surface area contributed by atoms with Gasteiger partial charge in [-0.05, 0) is 36.6 Å². The summed E-state index contributed by atoms with van der Waals surface area (Å²) in [6, 6.07) is 12.2. The van der Waals surface area contributed by atoms with Gasteiger partial charge < -0.3 is 5.32 Å². The predicted molar refractivity (Wildman–Crippen MR) is 85.7 cm³/mol. The molecule has 4 nitrogen and oxygen atoms in total. The fourth-order valence-corrected chi connectivity index (χ4v) is 2.54. The quantitative estimate of drug-likeness (QED) is 0.747. The Balaban J connectivity index is 1.72. The van der Waals surface area contributed by atoms with E-state index in [1.807, 2.05) is 25.3 Å². The Morgan fingerprint density at radius 1 is 1.14 bits per heavy atom. The largest absolute Gasteiger partial charge is 0.370 e. The molecule has 1 aromatic carbocycles. The van der Waals surface area contributed by atoms with Crippen molar-refractivity contribution < 1.29 is 0 Å². The van der Waals surface area contributed by atoms with Gasteiger partial charge in [-0.15, -0.1) is 0 Å². The van der Waals surface area contributed by atoms with Gasteiger partial charge in [0.1, 0.15) is 5.82 Å². The lowest BCUT2D eigenvalue weighted by Gasteiger charge is -2.08. The van der Waals surface area contributed by atoms with E-state index in [0.717, 1.165) is 35.4 Å². The summed E-state index contributed by atoms with van der Waals surface area (Å²) < 4.78 is 0. The molecule has 0 amide bonds. The first-order chi connectivity index (χ1) is 10.2. The number of anilines is 1. The van der Waals surface area contributed by atoms with E-state index in [1.54, 1.807) is 0 Å². The van der Waals surface area contributed by atoms with Gasteiger partial charge in [0, 0.05) is 29.9 Å². The molecule has 0 spiro atoms. The molecule has 0 radical (unpaired) electrons. The van der Waals surface area contributed by atoms with Crippen molar-refractivity contribution in [3.05, 3.63) is 59.1 Å². The average Bonchev–Trinajstić information content (AvgIpc) is 2.46. The monoisotopic (exact) mass is 298 g/mol. The van der Waals surface area contributed by atoms with Crippen LogP contribution < -0.4 is 5.32 Å². The SMILES string of the molecule is Cc1cc(NCCc2cccc3cccnc23)nc(Cl)n1. The lowest BCUT2D eigenvalue weighted by atomic mass is 10.1. The molecule has 5 heteroatoms. The van der Waals surface area contributed by atoms with Crippen LogP contribution in [0.15, 0.2) is 42.6 Å². The van der Waals surface area contributed by atoms with Crippen molar-refractivity contribution in [1.82, 2.24) is 15.0 Å². The van der Waals surface area contributed by atoms with Crippen molar-refractivity contribution in [3.8, 4) is 0 Å². The van der Waals surface area contributed by atoms with E-state index in [-0.39, 0.29) is 5.28 Å². The van der Waals surface area contributed by atoms with Crippen LogP contribution in [0.25, 0.3) is 10.9 Å². The molecule has 0 unspecified atom stereocenters. The molecule has 0 fully saturated rings. The minimum atomic E-state index is 0.268. The van der Waals surface area contributed by atoms with Gasteiger partial charge in [-0.2, -0.15) is 0 Å². The van der Waals surface area contributed by atoms with Crippen LogP contribution >= 0.6 is 11.6 Å². The molecule has 0 saturated heterocycles. The predicted octanol–water partition coefficient (Wildman–Crippen LogP) is 3.64. The summed E-state index contributed by atoms with van der Waals surface area (Å²) in [4.78, 5) is 12.7. The maximum atomic E-state index is 5.85. The Morgan fingerprint density at radius 2 is 2.00 bits per heavy atom. The first kappa shape index (κ1) is 13.8. The number of aryl methyl sites for hydroxylation is 1. The Kier molecular flexibility index (Phi) is 3.97. The summed E-state index contributed by atoms with van der Waals surface area (Å²) in [5.74, 6) is 0.751. The molecule has 2 heterocycles. The Labute approximate surface area is 128 Å². The van der Waals surface area contributed by atoms with Crippen LogP contribution in [-0.4, -0.2) is 21.5 Å². The van der Waals surface area contributed by atoms with E-state index in [1.165, 1.54) is 5.56 Å². The van der Waals surface area contributed by atoms with Crippen LogP contribution in [0.2, 0.25) is 5.28 Å². The summed E-state index contributed by atoms with van der Waals surface area (Å²) in [7, 11) is 0. The summed E-state index contributed by atoms with van der Waals surface area (Å²) >= 11 is 5.85. The highest BCUT2D eigenvalue weighted by molar-refractivity contribution is 6.28. The molecule has 2 aromatic heterocycles. The second kappa shape index (κ2) is 6.06. The van der Waals surface area contributed by atoms with Gasteiger partial charge >= 0.3 is 0 Å². The molecule has 0 bridgehead atoms. The summed E-state index contributed by atoms with van der Waals surface area (Å²) in [6.07, 6.45) is 2.70. The smallest absolute Gasteiger partial charge is 0.224 e. The van der Waals surface area contributed by atoms with Crippen LogP contribution in [0.3, 0.4) is 0 Å². The number of para-hydroxylation sites is 1. The molecular weight excluding hydrogens is 284 g/mol. The summed E-state index contributed by atoms with van der Waals surface area (Å²) in [5.41, 5.74) is 3.13. The Hall–Kier alpha value is -2.20. The Morgan fingerprint density at radius 3 is 2.86 bits per heavy atom. The third-order valence-corrected chi connectivity index (χ3v) is 3.41. The highest BCUT2D eigenvalue weighted by Gasteiger charge is 2.03. The van der Waals surface area contributed by atoms with Crippen molar-refractivity contribution in [2.75, 3.05) is 11.9 Å². The first-order valence-corrected chi connectivity index (χ1v) is 7.18. The molecular formula is C16H15ClN4. The van der Waals surface area contributed by atoms with E-state index in [2.05, 4.69) is 44.5 Å². The van der Waals surface area contributed by atoms with E-state index >= 15 is 0 Å². The number of hydrogen-bond acceptors (Lipinski definition) is 4. The molecule has 0 aliphatic heterocycles. The zero-order valence-corrected chi connectivity index (χ0v) is 12.4. The van der Waals surface area contributed by atoms with Gasteiger partial charge in [-0.25, -0.2) is 9.97 Å². The number of benzene rings is 1. The van der Waals surface area contributed by atoms with E-state index in [9.17, 15) is 0 Å². The molecule has 106 valence electrons. The van der Waals surface area contributed by atoms with E-state index in [4.69, 9.17) is 11.6 Å². The summed E-state index contributed by atoms with van der Waals surface area (Å²) in [5, 5.41) is 4.71. The number of hydrogen-bond donors (Lipinski definition) is 1. The van der Waals surface area contributed by atoms with Crippen LogP contribution in [0.5, 0.6) is 0 Å². The lowest BCUT2D eigenvalue weighted by Crippen LogP contribution is -2.07. The zero-order chi connectivity index (χ0) is 14.7. The number of rotatable bonds is 4. The van der Waals surface area contributed by atoms with Gasteiger partial charge in [0.2, 0.25) is 5.28 Å². The number of pyridine rings is 1. The van der Waals surface area contributed by atoms with E-state index < -0.39 is 0 Å². The van der Waals surface area contributed by atoms with Gasteiger partial charge in [0.25, 0.3) is 0 Å². The summed E-state index contributed by atoms with van der Waals surface area (Å²) in [6.45, 7) is 2.66. The van der Waals surface area contributed by atoms with Gasteiger partial charge in [0.05, 0.1) is 5.52 Å². The second-order valence-corrected chi connectivity index (χ2v) is 5.17. The Bertz CT molecular complexity index is 748. The zero-order valence-electron chi connectivity index (χ0n) is 11.7. The maximum Gasteiger partial charge on any atom is 0.224 e. The topological polar surface area (TPSA) is 50.7 Å². The van der Waals surface area contributed by atoms with E-state index in [0.29, 0.717) is 0 Å². The molecule has 1 N–H and O–H groups in total. The minimum Gasteiger partial charge on any atom is -0.370 e. The molecule has 0 saturated carbocycles. The standard InChI is InChI=1S/C16H15ClN4/c1-11-10-14(21-16(17)20-11)18-9-7-13-5-2-4-12-6-3-8-19-15(12)13/h2-6,8,10H,7,9H2,1H3,(H,18,20,21). The highest BCUT2D eigenvalue weighted by Crippen LogP contribution is 2.16. The van der Waals surface area contributed by atoms with Crippen molar-refractivity contribution >= 4 is 28.3 Å². The minimum absolute atomic E-state index is 0.268. The van der Waals surface area contributed by atoms with Gasteiger partial charge in [-0.3, -0.25) is 4.98 Å². The lowest BCUT2D eigenvalue weighted by molar-refractivity contribution is 0.996. The third kappa shape index (κ3) is 3.28. The van der Waals surface area contributed by atoms with Crippen LogP contribution in [-0.2, 0) is 6.42 Å². The van der Waals surface area contributed by atoms with Crippen LogP contribution in [0.1, 0.15) is 11.3 Å². The second-order valence-electron chi connectivity index (χ2n) is 4.83. The fourth-order valence-electron chi connectivity index (χ4n) is 2.32. The van der Waals surface area contributed by atoms with Crippen molar-refractivity contribution in [2.24, 2.45) is 0 Å². The molecule has 0 aliphatic carbocycles.